The number of ether oxygens (including phenoxy) is 4. The molecule has 1 N–H and O–H groups in total. The number of amides is 2. The summed E-state index contributed by atoms with van der Waals surface area (Å²) >= 11 is 0. The predicted octanol–water partition coefficient (Wildman–Crippen LogP) is 10.9. The van der Waals surface area contributed by atoms with Crippen LogP contribution in [-0.2, 0) is 9.47 Å². The van der Waals surface area contributed by atoms with Crippen molar-refractivity contribution in [1.82, 2.24) is 19.8 Å². The summed E-state index contributed by atoms with van der Waals surface area (Å²) in [7, 11) is 0. The number of likely N-dealkylation sites (tertiary alicyclic amines) is 2. The highest BCUT2D eigenvalue weighted by atomic mass is 16.6. The summed E-state index contributed by atoms with van der Waals surface area (Å²) in [5, 5.41) is 0. The lowest BCUT2D eigenvalue weighted by Gasteiger charge is -2.28. The Kier molecular flexibility index (Phi) is 9.90. The van der Waals surface area contributed by atoms with Gasteiger partial charge in [0.2, 0.25) is 0 Å². The number of rotatable bonds is 6. The minimum atomic E-state index is -0.565. The van der Waals surface area contributed by atoms with Crippen LogP contribution in [0.25, 0.3) is 28.0 Å². The predicted molar refractivity (Wildman–Crippen MR) is 229 cm³/mol. The quantitative estimate of drug-likeness (QED) is 0.263. The summed E-state index contributed by atoms with van der Waals surface area (Å²) in [4.78, 5) is 44.5. The Morgan fingerprint density at radius 3 is 1.86 bits per heavy atom. The molecule has 11 heteroatoms. The summed E-state index contributed by atoms with van der Waals surface area (Å²) < 4.78 is 25.1. The fourth-order valence-electron chi connectivity index (χ4n) is 9.01. The van der Waals surface area contributed by atoms with E-state index in [0.717, 1.165) is 108 Å². The van der Waals surface area contributed by atoms with E-state index in [0.29, 0.717) is 44.6 Å². The molecule has 0 bridgehead atoms. The number of nitrogens with one attached hydrogen (secondary N) is 1. The van der Waals surface area contributed by atoms with Crippen molar-refractivity contribution in [3.63, 3.8) is 0 Å². The fourth-order valence-corrected chi connectivity index (χ4v) is 9.01. The van der Waals surface area contributed by atoms with Gasteiger partial charge in [0.05, 0.1) is 31.0 Å². The third-order valence-corrected chi connectivity index (χ3v) is 12.2. The van der Waals surface area contributed by atoms with Crippen LogP contribution in [0.5, 0.6) is 11.5 Å². The standard InChI is InChI=1S/C48H61N5O6/c1-46(2,3)58-44(54)52-21-9-11-36(52)35-25-34(40(49-35)28-13-14-28)30-17-19-32-33-20-18-31(24-39(33)57-27-48(7,8)26-56-38(32)23-30)42-41(29-15-16-29)50-43(51-42)37-12-10-22-53(37)45(55)59-47(4,5)6/h17-20,23-24,28-29,36-37H,9-16,21-22,25-27H2,1-8H3,(H,50,51)/t36-,37-/m0/s1. The SMILES string of the molecule is CC1(C)COc2cc(C3=C(C4CC4)N=C([C@@H]4CCCN4C(=O)OC(C)(C)C)C3)ccc2-c2ccc(-c3nc([C@@H]4CCCN4C(=O)OC(C)(C)C)[nH]c3C3CC3)cc2OC1. The van der Waals surface area contributed by atoms with Gasteiger partial charge in [0, 0.05) is 70.6 Å². The lowest BCUT2D eigenvalue weighted by molar-refractivity contribution is 0.0216. The number of fused-ring (bicyclic) bond motifs is 3. The van der Waals surface area contributed by atoms with Crippen LogP contribution in [0.4, 0.5) is 9.59 Å². The summed E-state index contributed by atoms with van der Waals surface area (Å²) in [6.07, 6.45) is 8.28. The number of hydrogen-bond acceptors (Lipinski definition) is 8. The van der Waals surface area contributed by atoms with E-state index in [2.05, 4.69) is 55.2 Å². The van der Waals surface area contributed by atoms with Crippen molar-refractivity contribution < 1.29 is 28.5 Å². The zero-order valence-electron chi connectivity index (χ0n) is 36.2. The summed E-state index contributed by atoms with van der Waals surface area (Å²) in [6.45, 7) is 18.2. The van der Waals surface area contributed by atoms with Crippen molar-refractivity contribution in [2.45, 2.75) is 142 Å². The summed E-state index contributed by atoms with van der Waals surface area (Å²) in [5.41, 5.74) is 8.25. The Morgan fingerprint density at radius 1 is 0.746 bits per heavy atom. The monoisotopic (exact) mass is 803 g/mol. The van der Waals surface area contributed by atoms with E-state index < -0.39 is 11.2 Å². The van der Waals surface area contributed by atoms with Crippen molar-refractivity contribution in [1.29, 1.82) is 0 Å². The Balaban J connectivity index is 1.03. The number of aromatic amines is 1. The van der Waals surface area contributed by atoms with Gasteiger partial charge in [0.1, 0.15) is 28.5 Å². The zero-order valence-corrected chi connectivity index (χ0v) is 36.2. The van der Waals surface area contributed by atoms with Crippen molar-refractivity contribution >= 4 is 23.5 Å². The van der Waals surface area contributed by atoms with Gasteiger partial charge in [0.15, 0.2) is 0 Å². The third-order valence-electron chi connectivity index (χ3n) is 12.2. The van der Waals surface area contributed by atoms with Gasteiger partial charge in [-0.15, -0.1) is 0 Å². The normalized spacial score (nSPS) is 23.1. The molecule has 11 nitrogen and oxygen atoms in total. The molecule has 1 aromatic heterocycles. The molecule has 0 unspecified atom stereocenters. The van der Waals surface area contributed by atoms with E-state index in [9.17, 15) is 9.59 Å². The molecule has 2 saturated heterocycles. The maximum Gasteiger partial charge on any atom is 0.410 e. The van der Waals surface area contributed by atoms with Gasteiger partial charge in [-0.25, -0.2) is 14.6 Å². The van der Waals surface area contributed by atoms with Crippen molar-refractivity contribution in [2.75, 3.05) is 26.3 Å². The first kappa shape index (κ1) is 39.6. The smallest absolute Gasteiger partial charge is 0.410 e. The van der Waals surface area contributed by atoms with Crippen molar-refractivity contribution in [3.8, 4) is 33.9 Å². The molecule has 2 atom stereocenters. The lowest BCUT2D eigenvalue weighted by Crippen LogP contribution is -2.43. The van der Waals surface area contributed by atoms with Gasteiger partial charge in [-0.3, -0.25) is 14.8 Å². The third kappa shape index (κ3) is 8.35. The maximum absolute atomic E-state index is 13.3. The van der Waals surface area contributed by atoms with Crippen LogP contribution >= 0.6 is 0 Å². The van der Waals surface area contributed by atoms with E-state index in [1.54, 1.807) is 0 Å². The van der Waals surface area contributed by atoms with E-state index in [1.165, 1.54) is 11.3 Å². The number of nitrogens with zero attached hydrogens (tertiary/aromatic N) is 4. The first-order valence-corrected chi connectivity index (χ1v) is 21.9. The highest BCUT2D eigenvalue weighted by molar-refractivity contribution is 6.04. The molecule has 2 aliphatic carbocycles. The molecule has 6 aliphatic rings. The summed E-state index contributed by atoms with van der Waals surface area (Å²) in [6, 6.07) is 12.8. The highest BCUT2D eigenvalue weighted by Gasteiger charge is 2.41. The molecule has 0 radical (unpaired) electrons. The lowest BCUT2D eigenvalue weighted by atomic mass is 9.93. The van der Waals surface area contributed by atoms with Gasteiger partial charge in [-0.2, -0.15) is 0 Å². The fraction of sp³-hybridized carbons (Fsp3) is 0.583. The molecule has 9 rings (SSSR count). The van der Waals surface area contributed by atoms with Crippen LogP contribution in [-0.4, -0.2) is 81.2 Å². The second-order valence-electron chi connectivity index (χ2n) is 20.4. The average Bonchev–Trinajstić information content (AvgIpc) is 3.93. The first-order valence-electron chi connectivity index (χ1n) is 21.9. The highest BCUT2D eigenvalue weighted by Crippen LogP contribution is 2.50. The van der Waals surface area contributed by atoms with Crippen molar-refractivity contribution in [2.24, 2.45) is 16.3 Å². The number of carbonyl (C=O) groups is 2. The number of carbonyl (C=O) groups excluding carboxylic acids is 2. The Morgan fingerprint density at radius 2 is 1.29 bits per heavy atom. The van der Waals surface area contributed by atoms with Gasteiger partial charge in [0.25, 0.3) is 0 Å². The minimum absolute atomic E-state index is 0.0488. The van der Waals surface area contributed by atoms with Gasteiger partial charge in [-0.05, 0) is 128 Å². The molecule has 4 aliphatic heterocycles. The van der Waals surface area contributed by atoms with Crippen LogP contribution < -0.4 is 9.47 Å². The number of H-pyrrole nitrogens is 1. The Hall–Kier alpha value is -4.80. The molecule has 2 aromatic carbocycles. The molecule has 5 heterocycles. The molecule has 314 valence electrons. The van der Waals surface area contributed by atoms with Gasteiger partial charge < -0.3 is 23.9 Å². The van der Waals surface area contributed by atoms with Crippen LogP contribution in [0.15, 0.2) is 47.1 Å². The largest absolute Gasteiger partial charge is 0.492 e. The van der Waals surface area contributed by atoms with E-state index in [4.69, 9.17) is 28.9 Å². The maximum atomic E-state index is 13.3. The molecule has 0 spiro atoms. The Labute approximate surface area is 348 Å². The van der Waals surface area contributed by atoms with Crippen LogP contribution in [0.2, 0.25) is 0 Å². The van der Waals surface area contributed by atoms with E-state index >= 15 is 0 Å². The van der Waals surface area contributed by atoms with E-state index in [1.807, 2.05) is 51.3 Å². The number of imidazole rings is 1. The number of benzene rings is 2. The topological polar surface area (TPSA) is 119 Å². The summed E-state index contributed by atoms with van der Waals surface area (Å²) in [5.74, 6) is 3.32. The molecule has 2 saturated carbocycles. The van der Waals surface area contributed by atoms with Crippen LogP contribution in [0.1, 0.15) is 142 Å². The van der Waals surface area contributed by atoms with Crippen molar-refractivity contribution in [3.05, 3.63) is 59.2 Å². The molecule has 59 heavy (non-hydrogen) atoms. The van der Waals surface area contributed by atoms with Crippen LogP contribution in [0, 0.1) is 11.3 Å². The number of hydrogen-bond donors (Lipinski definition) is 1. The van der Waals surface area contributed by atoms with E-state index in [-0.39, 0.29) is 29.7 Å². The number of aliphatic imine (C=N–C) groups is 1. The zero-order chi connectivity index (χ0) is 41.4. The molecular formula is C48H61N5O6. The second kappa shape index (κ2) is 14.7. The molecular weight excluding hydrogens is 743 g/mol. The molecule has 2 amide bonds. The molecule has 4 fully saturated rings. The minimum Gasteiger partial charge on any atom is -0.492 e. The van der Waals surface area contributed by atoms with Gasteiger partial charge in [-0.1, -0.05) is 26.0 Å². The first-order chi connectivity index (χ1) is 28.0. The van der Waals surface area contributed by atoms with Gasteiger partial charge >= 0.3 is 12.2 Å². The number of allylic oxidation sites excluding steroid dienone is 2. The average molecular weight is 804 g/mol. The number of aromatic nitrogens is 2. The Bertz CT molecular complexity index is 2210. The molecule has 3 aromatic rings. The second-order valence-corrected chi connectivity index (χ2v) is 20.4. The van der Waals surface area contributed by atoms with Crippen LogP contribution in [0.3, 0.4) is 0 Å².